The summed E-state index contributed by atoms with van der Waals surface area (Å²) in [6.45, 7) is 2.82. The minimum atomic E-state index is -0.161. The first kappa shape index (κ1) is 14.6. The molecule has 2 heterocycles. The molecular weight excluding hydrogens is 292 g/mol. The molecule has 1 aromatic heterocycles. The Kier molecular flexibility index (Phi) is 5.46. The SMILES string of the molecule is COOSN1CCCN(C(=O)n2cc(Cl)cn2)CC1. The lowest BCUT2D eigenvalue weighted by Gasteiger charge is -2.20. The molecule has 1 amide bonds. The predicted molar refractivity (Wildman–Crippen MR) is 71.5 cm³/mol. The summed E-state index contributed by atoms with van der Waals surface area (Å²) in [6, 6.07) is -0.161. The van der Waals surface area contributed by atoms with Gasteiger partial charge >= 0.3 is 6.03 Å². The normalized spacial score (nSPS) is 17.5. The highest BCUT2D eigenvalue weighted by Gasteiger charge is 2.21. The average molecular weight is 307 g/mol. The molecule has 1 aliphatic rings. The third-order valence-electron chi connectivity index (χ3n) is 2.68. The summed E-state index contributed by atoms with van der Waals surface area (Å²) in [5, 5.41) is 4.37. The molecule has 0 unspecified atom stereocenters. The van der Waals surface area contributed by atoms with E-state index < -0.39 is 0 Å². The molecule has 0 spiro atoms. The van der Waals surface area contributed by atoms with E-state index in [0.29, 0.717) is 24.7 Å². The smallest absolute Gasteiger partial charge is 0.321 e. The van der Waals surface area contributed by atoms with Crippen molar-refractivity contribution in [2.45, 2.75) is 6.42 Å². The van der Waals surface area contributed by atoms with Gasteiger partial charge in [-0.2, -0.15) is 9.78 Å². The van der Waals surface area contributed by atoms with Crippen LogP contribution in [0.3, 0.4) is 0 Å². The van der Waals surface area contributed by atoms with Crippen LogP contribution in [0.5, 0.6) is 0 Å². The fourth-order valence-corrected chi connectivity index (χ4v) is 2.43. The molecule has 7 nitrogen and oxygen atoms in total. The topological polar surface area (TPSA) is 59.8 Å². The van der Waals surface area contributed by atoms with Gasteiger partial charge in [0, 0.05) is 26.2 Å². The van der Waals surface area contributed by atoms with Gasteiger partial charge in [-0.1, -0.05) is 11.6 Å². The van der Waals surface area contributed by atoms with Gasteiger partial charge in [-0.3, -0.25) is 0 Å². The number of hydrogen-bond acceptors (Lipinski definition) is 6. The Morgan fingerprint density at radius 3 is 2.95 bits per heavy atom. The van der Waals surface area contributed by atoms with Crippen molar-refractivity contribution in [3.05, 3.63) is 17.4 Å². The molecule has 0 N–H and O–H groups in total. The van der Waals surface area contributed by atoms with Crippen molar-refractivity contribution in [2.75, 3.05) is 33.3 Å². The molecule has 1 saturated heterocycles. The van der Waals surface area contributed by atoms with Crippen LogP contribution >= 0.6 is 23.8 Å². The Balaban J connectivity index is 1.90. The maximum absolute atomic E-state index is 12.2. The molecule has 1 aromatic rings. The van der Waals surface area contributed by atoms with Crippen LogP contribution in [0.15, 0.2) is 12.4 Å². The van der Waals surface area contributed by atoms with Gasteiger partial charge in [0.05, 0.1) is 24.5 Å². The zero-order valence-electron chi connectivity index (χ0n) is 10.5. The van der Waals surface area contributed by atoms with Crippen LogP contribution in [0.1, 0.15) is 6.42 Å². The van der Waals surface area contributed by atoms with E-state index in [0.717, 1.165) is 25.2 Å². The first-order chi connectivity index (χ1) is 9.20. The highest BCUT2D eigenvalue weighted by atomic mass is 35.5. The summed E-state index contributed by atoms with van der Waals surface area (Å²) in [5.41, 5.74) is 0. The van der Waals surface area contributed by atoms with Gasteiger partial charge in [-0.05, 0) is 6.42 Å². The first-order valence-electron chi connectivity index (χ1n) is 5.82. The Labute approximate surface area is 120 Å². The number of hydrogen-bond donors (Lipinski definition) is 0. The third kappa shape index (κ3) is 4.08. The number of halogens is 1. The molecule has 1 aliphatic heterocycles. The Morgan fingerprint density at radius 1 is 1.42 bits per heavy atom. The van der Waals surface area contributed by atoms with E-state index in [2.05, 4.69) is 9.99 Å². The molecule has 9 heteroatoms. The van der Waals surface area contributed by atoms with Gasteiger partial charge in [0.15, 0.2) is 0 Å². The number of nitrogens with zero attached hydrogens (tertiary/aromatic N) is 4. The summed E-state index contributed by atoms with van der Waals surface area (Å²) < 4.78 is 8.08. The van der Waals surface area contributed by atoms with Crippen LogP contribution < -0.4 is 0 Å². The highest BCUT2D eigenvalue weighted by molar-refractivity contribution is 7.92. The van der Waals surface area contributed by atoms with Crippen molar-refractivity contribution < 1.29 is 14.0 Å². The fraction of sp³-hybridized carbons (Fsp3) is 0.600. The van der Waals surface area contributed by atoms with E-state index in [1.807, 2.05) is 4.31 Å². The van der Waals surface area contributed by atoms with Crippen LogP contribution in [0.2, 0.25) is 5.02 Å². The lowest BCUT2D eigenvalue weighted by Crippen LogP contribution is -2.37. The van der Waals surface area contributed by atoms with E-state index in [4.69, 9.17) is 15.9 Å². The van der Waals surface area contributed by atoms with Gasteiger partial charge in [-0.15, -0.1) is 4.33 Å². The Hall–Kier alpha value is -0.800. The molecule has 0 bridgehead atoms. The molecule has 0 aromatic carbocycles. The second-order valence-corrected chi connectivity index (χ2v) is 5.20. The van der Waals surface area contributed by atoms with E-state index in [-0.39, 0.29) is 6.03 Å². The number of aromatic nitrogens is 2. The number of rotatable bonds is 3. The van der Waals surface area contributed by atoms with Crippen LogP contribution in [0.25, 0.3) is 0 Å². The molecule has 0 saturated carbocycles. The van der Waals surface area contributed by atoms with Crippen molar-refractivity contribution in [1.82, 2.24) is 19.0 Å². The Morgan fingerprint density at radius 2 is 2.26 bits per heavy atom. The van der Waals surface area contributed by atoms with Gasteiger partial charge in [0.25, 0.3) is 0 Å². The quantitative estimate of drug-likeness (QED) is 0.366. The van der Waals surface area contributed by atoms with E-state index in [9.17, 15) is 4.79 Å². The monoisotopic (exact) mass is 306 g/mol. The van der Waals surface area contributed by atoms with Crippen molar-refractivity contribution >= 4 is 29.9 Å². The molecule has 1 fully saturated rings. The predicted octanol–water partition coefficient (Wildman–Crippen LogP) is 1.65. The van der Waals surface area contributed by atoms with Crippen molar-refractivity contribution in [3.8, 4) is 0 Å². The number of amides is 1. The average Bonchev–Trinajstić information content (AvgIpc) is 2.71. The molecule has 106 valence electrons. The summed E-state index contributed by atoms with van der Waals surface area (Å²) in [6.07, 6.45) is 3.82. The second-order valence-electron chi connectivity index (χ2n) is 3.96. The zero-order chi connectivity index (χ0) is 13.7. The van der Waals surface area contributed by atoms with Gasteiger partial charge in [-0.25, -0.2) is 14.0 Å². The lowest BCUT2D eigenvalue weighted by atomic mass is 10.4. The molecule has 19 heavy (non-hydrogen) atoms. The number of carbonyl (C=O) groups is 1. The first-order valence-corrected chi connectivity index (χ1v) is 6.90. The second kappa shape index (κ2) is 7.11. The minimum Gasteiger partial charge on any atom is -0.321 e. The lowest BCUT2D eigenvalue weighted by molar-refractivity contribution is -0.163. The van der Waals surface area contributed by atoms with E-state index in [1.165, 1.54) is 24.2 Å². The molecule has 2 rings (SSSR count). The van der Waals surface area contributed by atoms with E-state index >= 15 is 0 Å². The summed E-state index contributed by atoms with van der Waals surface area (Å²) in [7, 11) is 1.46. The van der Waals surface area contributed by atoms with Crippen molar-refractivity contribution in [1.29, 1.82) is 0 Å². The largest absolute Gasteiger partial charge is 0.344 e. The van der Waals surface area contributed by atoms with Crippen molar-refractivity contribution in [3.63, 3.8) is 0 Å². The van der Waals surface area contributed by atoms with Crippen LogP contribution in [-0.2, 0) is 9.22 Å². The highest BCUT2D eigenvalue weighted by Crippen LogP contribution is 2.15. The third-order valence-corrected chi connectivity index (χ3v) is 3.64. The summed E-state index contributed by atoms with van der Waals surface area (Å²) in [4.78, 5) is 18.5. The summed E-state index contributed by atoms with van der Waals surface area (Å²) in [5.74, 6) is 0. The molecular formula is C10H15ClN4O3S. The maximum atomic E-state index is 12.2. The number of carbonyl (C=O) groups excluding carboxylic acids is 1. The standard InChI is InChI=1S/C10H15ClN4O3S/c1-17-18-19-14-4-2-3-13(5-6-14)10(16)15-8-9(11)7-12-15/h7-8H,2-6H2,1H3. The molecule has 0 atom stereocenters. The Bertz CT molecular complexity index is 431. The van der Waals surface area contributed by atoms with Gasteiger partial charge < -0.3 is 4.90 Å². The van der Waals surface area contributed by atoms with Gasteiger partial charge in [0.2, 0.25) is 0 Å². The van der Waals surface area contributed by atoms with E-state index in [1.54, 1.807) is 4.90 Å². The van der Waals surface area contributed by atoms with Crippen LogP contribution in [0, 0.1) is 0 Å². The molecule has 0 radical (unpaired) electrons. The zero-order valence-corrected chi connectivity index (χ0v) is 12.1. The minimum absolute atomic E-state index is 0.161. The van der Waals surface area contributed by atoms with Crippen LogP contribution in [-0.4, -0.2) is 58.3 Å². The van der Waals surface area contributed by atoms with Gasteiger partial charge in [0.1, 0.15) is 12.2 Å². The summed E-state index contributed by atoms with van der Waals surface area (Å²) >= 11 is 6.91. The van der Waals surface area contributed by atoms with Crippen molar-refractivity contribution in [2.24, 2.45) is 0 Å². The van der Waals surface area contributed by atoms with Crippen LogP contribution in [0.4, 0.5) is 4.79 Å². The molecule has 0 aliphatic carbocycles. The maximum Gasteiger partial charge on any atom is 0.344 e. The fourth-order valence-electron chi connectivity index (χ4n) is 1.78.